The maximum atomic E-state index is 12.3. The van der Waals surface area contributed by atoms with E-state index in [9.17, 15) is 4.79 Å². The van der Waals surface area contributed by atoms with Crippen molar-refractivity contribution < 1.29 is 4.79 Å². The summed E-state index contributed by atoms with van der Waals surface area (Å²) >= 11 is 1.52. The Morgan fingerprint density at radius 2 is 2.26 bits per heavy atom. The highest BCUT2D eigenvalue weighted by atomic mass is 35.5. The van der Waals surface area contributed by atoms with Gasteiger partial charge in [0.05, 0.1) is 5.01 Å². The summed E-state index contributed by atoms with van der Waals surface area (Å²) in [5.41, 5.74) is 6.35. The molecule has 0 spiro atoms. The Kier molecular flexibility index (Phi) is 5.35. The molecular formula is C13H22ClN3OS. The number of hydrogen-bond acceptors (Lipinski definition) is 4. The molecule has 2 rings (SSSR count). The first-order valence-corrected chi connectivity index (χ1v) is 7.27. The number of nitrogens with two attached hydrogens (primary N) is 1. The third kappa shape index (κ3) is 3.46. The SMILES string of the molecule is CC(N(C)C(=O)c1csc(CCN)n1)C1(C)CC1.Cl. The predicted molar refractivity (Wildman–Crippen MR) is 81.0 cm³/mol. The molecule has 6 heteroatoms. The van der Waals surface area contributed by atoms with E-state index < -0.39 is 0 Å². The first-order chi connectivity index (χ1) is 8.48. The molecule has 0 aliphatic heterocycles. The monoisotopic (exact) mass is 303 g/mol. The second-order valence-corrected chi connectivity index (χ2v) is 6.35. The summed E-state index contributed by atoms with van der Waals surface area (Å²) in [6, 6.07) is 0.268. The Morgan fingerprint density at radius 3 is 2.79 bits per heavy atom. The van der Waals surface area contributed by atoms with Gasteiger partial charge in [-0.15, -0.1) is 23.7 Å². The van der Waals surface area contributed by atoms with Gasteiger partial charge in [-0.3, -0.25) is 4.79 Å². The quantitative estimate of drug-likeness (QED) is 0.908. The van der Waals surface area contributed by atoms with E-state index in [4.69, 9.17) is 5.73 Å². The minimum atomic E-state index is 0. The Bertz CT molecular complexity index is 445. The lowest BCUT2D eigenvalue weighted by molar-refractivity contribution is 0.0679. The van der Waals surface area contributed by atoms with Gasteiger partial charge in [0.1, 0.15) is 5.69 Å². The van der Waals surface area contributed by atoms with Crippen LogP contribution in [0.15, 0.2) is 5.38 Å². The molecule has 1 saturated carbocycles. The maximum absolute atomic E-state index is 12.3. The molecule has 1 atom stereocenters. The molecule has 1 amide bonds. The van der Waals surface area contributed by atoms with Crippen molar-refractivity contribution in [2.24, 2.45) is 11.1 Å². The third-order valence-corrected chi connectivity index (χ3v) is 4.99. The highest BCUT2D eigenvalue weighted by molar-refractivity contribution is 7.09. The predicted octanol–water partition coefficient (Wildman–Crippen LogP) is 2.33. The Balaban J connectivity index is 0.00000180. The molecule has 0 saturated heterocycles. The molecule has 1 aliphatic carbocycles. The zero-order valence-electron chi connectivity index (χ0n) is 11.7. The van der Waals surface area contributed by atoms with Gasteiger partial charge in [0.2, 0.25) is 0 Å². The number of carbonyl (C=O) groups excluding carboxylic acids is 1. The van der Waals surface area contributed by atoms with Gasteiger partial charge in [0.25, 0.3) is 5.91 Å². The summed E-state index contributed by atoms with van der Waals surface area (Å²) in [7, 11) is 1.87. The van der Waals surface area contributed by atoms with Crippen LogP contribution in [0.4, 0.5) is 0 Å². The molecule has 0 bridgehead atoms. The fraction of sp³-hybridized carbons (Fsp3) is 0.692. The molecule has 4 nitrogen and oxygen atoms in total. The lowest BCUT2D eigenvalue weighted by Crippen LogP contribution is -2.40. The number of aromatic nitrogens is 1. The number of thiazole rings is 1. The molecule has 0 radical (unpaired) electrons. The van der Waals surface area contributed by atoms with Crippen LogP contribution < -0.4 is 5.73 Å². The molecule has 108 valence electrons. The minimum Gasteiger partial charge on any atom is -0.337 e. The van der Waals surface area contributed by atoms with Crippen molar-refractivity contribution in [1.82, 2.24) is 9.88 Å². The van der Waals surface area contributed by atoms with Crippen LogP contribution in [0.5, 0.6) is 0 Å². The van der Waals surface area contributed by atoms with E-state index >= 15 is 0 Å². The standard InChI is InChI=1S/C13H21N3OS.ClH/c1-9(13(2)5-6-13)16(3)12(17)10-8-18-11(15-10)4-7-14;/h8-9H,4-7,14H2,1-3H3;1H. The molecule has 2 N–H and O–H groups in total. The van der Waals surface area contributed by atoms with Crippen molar-refractivity contribution >= 4 is 29.7 Å². The van der Waals surface area contributed by atoms with Crippen molar-refractivity contribution in [3.63, 3.8) is 0 Å². The van der Waals surface area contributed by atoms with Gasteiger partial charge in [0.15, 0.2) is 0 Å². The van der Waals surface area contributed by atoms with Crippen molar-refractivity contribution in [3.8, 4) is 0 Å². The van der Waals surface area contributed by atoms with Gasteiger partial charge < -0.3 is 10.6 Å². The fourth-order valence-electron chi connectivity index (χ4n) is 2.09. The van der Waals surface area contributed by atoms with Gasteiger partial charge in [-0.2, -0.15) is 0 Å². The average molecular weight is 304 g/mol. The number of hydrogen-bond donors (Lipinski definition) is 1. The second-order valence-electron chi connectivity index (χ2n) is 5.41. The lowest BCUT2D eigenvalue weighted by Gasteiger charge is -2.29. The number of amides is 1. The highest BCUT2D eigenvalue weighted by Gasteiger charge is 2.45. The van der Waals surface area contributed by atoms with Crippen LogP contribution in [0, 0.1) is 5.41 Å². The summed E-state index contributed by atoms with van der Waals surface area (Å²) in [5, 5.41) is 2.78. The Morgan fingerprint density at radius 1 is 1.63 bits per heavy atom. The molecule has 0 aromatic carbocycles. The van der Waals surface area contributed by atoms with Crippen LogP contribution in [0.3, 0.4) is 0 Å². The first-order valence-electron chi connectivity index (χ1n) is 6.39. The minimum absolute atomic E-state index is 0. The first kappa shape index (κ1) is 16.4. The molecule has 1 aromatic rings. The van der Waals surface area contributed by atoms with Crippen LogP contribution in [0.1, 0.15) is 42.2 Å². The van der Waals surface area contributed by atoms with Crippen molar-refractivity contribution in [1.29, 1.82) is 0 Å². The van der Waals surface area contributed by atoms with Crippen LogP contribution in [-0.2, 0) is 6.42 Å². The summed E-state index contributed by atoms with van der Waals surface area (Å²) in [4.78, 5) is 18.5. The number of carbonyl (C=O) groups is 1. The van der Waals surface area contributed by atoms with Gasteiger partial charge in [0, 0.05) is 24.9 Å². The fourth-order valence-corrected chi connectivity index (χ4v) is 2.87. The smallest absolute Gasteiger partial charge is 0.273 e. The molecule has 19 heavy (non-hydrogen) atoms. The van der Waals surface area contributed by atoms with Gasteiger partial charge in [-0.25, -0.2) is 4.98 Å². The normalized spacial score (nSPS) is 17.5. The van der Waals surface area contributed by atoms with Crippen LogP contribution in [0.2, 0.25) is 0 Å². The maximum Gasteiger partial charge on any atom is 0.273 e. The summed E-state index contributed by atoms with van der Waals surface area (Å²) in [5.74, 6) is 0.0233. The van der Waals surface area contributed by atoms with Crippen molar-refractivity contribution in [3.05, 3.63) is 16.1 Å². The molecule has 1 aromatic heterocycles. The number of rotatable bonds is 5. The Hall–Kier alpha value is -0.650. The zero-order valence-corrected chi connectivity index (χ0v) is 13.3. The van der Waals surface area contributed by atoms with Crippen LogP contribution in [-0.4, -0.2) is 35.4 Å². The van der Waals surface area contributed by atoms with E-state index in [1.54, 1.807) is 0 Å². The van der Waals surface area contributed by atoms with E-state index in [1.165, 1.54) is 24.2 Å². The summed E-state index contributed by atoms with van der Waals surface area (Å²) in [6.45, 7) is 4.94. The number of nitrogens with zero attached hydrogens (tertiary/aromatic N) is 2. The van der Waals surface area contributed by atoms with Crippen LogP contribution >= 0.6 is 23.7 Å². The van der Waals surface area contributed by atoms with Gasteiger partial charge in [-0.05, 0) is 31.7 Å². The topological polar surface area (TPSA) is 59.2 Å². The van der Waals surface area contributed by atoms with Crippen LogP contribution in [0.25, 0.3) is 0 Å². The number of halogens is 1. The van der Waals surface area contributed by atoms with E-state index in [-0.39, 0.29) is 24.4 Å². The largest absolute Gasteiger partial charge is 0.337 e. The zero-order chi connectivity index (χ0) is 13.3. The van der Waals surface area contributed by atoms with E-state index in [0.717, 1.165) is 11.4 Å². The molecule has 1 fully saturated rings. The third-order valence-electron chi connectivity index (χ3n) is 4.08. The van der Waals surface area contributed by atoms with E-state index in [0.29, 0.717) is 17.7 Å². The van der Waals surface area contributed by atoms with E-state index in [1.807, 2.05) is 17.3 Å². The van der Waals surface area contributed by atoms with Gasteiger partial charge >= 0.3 is 0 Å². The van der Waals surface area contributed by atoms with Crippen molar-refractivity contribution in [2.45, 2.75) is 39.2 Å². The molecule has 1 aliphatic rings. The lowest BCUT2D eigenvalue weighted by atomic mass is 9.99. The van der Waals surface area contributed by atoms with Crippen molar-refractivity contribution in [2.75, 3.05) is 13.6 Å². The average Bonchev–Trinajstić information content (AvgIpc) is 2.93. The summed E-state index contributed by atoms with van der Waals surface area (Å²) < 4.78 is 0. The van der Waals surface area contributed by atoms with E-state index in [2.05, 4.69) is 18.8 Å². The molecular weight excluding hydrogens is 282 g/mol. The molecule has 1 heterocycles. The summed E-state index contributed by atoms with van der Waals surface area (Å²) in [6.07, 6.45) is 3.16. The Labute approximate surface area is 124 Å². The second kappa shape index (κ2) is 6.20. The highest BCUT2D eigenvalue weighted by Crippen LogP contribution is 2.49. The van der Waals surface area contributed by atoms with Gasteiger partial charge in [-0.1, -0.05) is 6.92 Å². The molecule has 1 unspecified atom stereocenters.